The number of rotatable bonds is 5. The van der Waals surface area contributed by atoms with Crippen LogP contribution in [0.5, 0.6) is 5.75 Å². The average molecular weight is 478 g/mol. The van der Waals surface area contributed by atoms with Crippen LogP contribution < -0.4 is 9.64 Å². The first-order valence-electron chi connectivity index (χ1n) is 9.86. The summed E-state index contributed by atoms with van der Waals surface area (Å²) < 4.78 is 6.23. The molecule has 1 heterocycles. The number of nitrogens with zero attached hydrogens (tertiary/aromatic N) is 1. The normalized spacial score (nSPS) is 17.7. The number of hydrogen-bond acceptors (Lipinski definition) is 4. The van der Waals surface area contributed by atoms with Crippen LogP contribution in [0.4, 0.5) is 5.69 Å². The second kappa shape index (κ2) is 8.78. The van der Waals surface area contributed by atoms with E-state index in [1.807, 2.05) is 43.3 Å². The standard InChI is InChI=1S/C25H20BrNO4/c1-2-31-20-13-11-17(12-14-20)23(28)21-22(16-7-4-3-5-8-16)27(25(30)24(21)29)19-10-6-9-18(26)15-19/h3-15,22,28H,2H2,1H3/b23-21+. The highest BCUT2D eigenvalue weighted by molar-refractivity contribution is 9.10. The molecule has 0 bridgehead atoms. The van der Waals surface area contributed by atoms with Crippen molar-refractivity contribution in [2.24, 2.45) is 0 Å². The van der Waals surface area contributed by atoms with Gasteiger partial charge in [-0.2, -0.15) is 0 Å². The van der Waals surface area contributed by atoms with E-state index < -0.39 is 17.7 Å². The molecule has 0 saturated carbocycles. The van der Waals surface area contributed by atoms with Gasteiger partial charge in [0.05, 0.1) is 18.2 Å². The number of amides is 1. The Kier molecular flexibility index (Phi) is 5.91. The molecule has 1 aliphatic rings. The van der Waals surface area contributed by atoms with Crippen LogP contribution in [0.25, 0.3) is 5.76 Å². The van der Waals surface area contributed by atoms with Crippen LogP contribution in [0.2, 0.25) is 0 Å². The third-order valence-corrected chi connectivity index (χ3v) is 5.58. The Morgan fingerprint density at radius 2 is 1.71 bits per heavy atom. The lowest BCUT2D eigenvalue weighted by molar-refractivity contribution is -0.132. The minimum atomic E-state index is -0.748. The Bertz CT molecular complexity index is 1160. The summed E-state index contributed by atoms with van der Waals surface area (Å²) in [6, 6.07) is 22.5. The lowest BCUT2D eigenvalue weighted by atomic mass is 9.95. The molecule has 1 N–H and O–H groups in total. The molecule has 3 aromatic carbocycles. The van der Waals surface area contributed by atoms with Crippen LogP contribution in [0.1, 0.15) is 24.1 Å². The number of carbonyl (C=O) groups excluding carboxylic acids is 2. The van der Waals surface area contributed by atoms with Gasteiger partial charge in [-0.25, -0.2) is 0 Å². The Hall–Kier alpha value is -3.38. The molecular formula is C25H20BrNO4. The van der Waals surface area contributed by atoms with Gasteiger partial charge in [0.2, 0.25) is 0 Å². The maximum absolute atomic E-state index is 13.1. The quantitative estimate of drug-likeness (QED) is 0.300. The number of anilines is 1. The first-order valence-corrected chi connectivity index (χ1v) is 10.6. The number of benzene rings is 3. The zero-order valence-electron chi connectivity index (χ0n) is 16.8. The number of aliphatic hydroxyl groups is 1. The maximum atomic E-state index is 13.1. The SMILES string of the molecule is CCOc1ccc(/C(O)=C2\C(=O)C(=O)N(c3cccc(Br)c3)C2c2ccccc2)cc1. The third kappa shape index (κ3) is 3.99. The maximum Gasteiger partial charge on any atom is 0.300 e. The van der Waals surface area contributed by atoms with Gasteiger partial charge in [-0.3, -0.25) is 14.5 Å². The zero-order valence-corrected chi connectivity index (χ0v) is 18.4. The number of halogens is 1. The highest BCUT2D eigenvalue weighted by atomic mass is 79.9. The third-order valence-electron chi connectivity index (χ3n) is 5.08. The van der Waals surface area contributed by atoms with Crippen molar-refractivity contribution in [1.29, 1.82) is 0 Å². The van der Waals surface area contributed by atoms with Crippen LogP contribution in [-0.2, 0) is 9.59 Å². The molecule has 0 spiro atoms. The molecule has 1 atom stereocenters. The van der Waals surface area contributed by atoms with Gasteiger partial charge in [0.1, 0.15) is 11.5 Å². The lowest BCUT2D eigenvalue weighted by Crippen LogP contribution is -2.29. The zero-order chi connectivity index (χ0) is 22.0. The summed E-state index contributed by atoms with van der Waals surface area (Å²) in [5, 5.41) is 11.1. The van der Waals surface area contributed by atoms with Gasteiger partial charge < -0.3 is 9.84 Å². The molecule has 1 fully saturated rings. The van der Waals surface area contributed by atoms with Gasteiger partial charge in [-0.1, -0.05) is 52.3 Å². The van der Waals surface area contributed by atoms with Gasteiger partial charge in [0.25, 0.3) is 11.7 Å². The van der Waals surface area contributed by atoms with E-state index in [9.17, 15) is 14.7 Å². The monoisotopic (exact) mass is 477 g/mol. The highest BCUT2D eigenvalue weighted by Gasteiger charge is 2.46. The van der Waals surface area contributed by atoms with Crippen LogP contribution >= 0.6 is 15.9 Å². The highest BCUT2D eigenvalue weighted by Crippen LogP contribution is 2.42. The molecule has 0 aromatic heterocycles. The molecule has 31 heavy (non-hydrogen) atoms. The first-order chi connectivity index (χ1) is 15.0. The van der Waals surface area contributed by atoms with E-state index in [0.29, 0.717) is 23.6 Å². The molecule has 0 radical (unpaired) electrons. The van der Waals surface area contributed by atoms with Crippen molar-refractivity contribution in [2.45, 2.75) is 13.0 Å². The van der Waals surface area contributed by atoms with E-state index in [1.165, 1.54) is 4.90 Å². The summed E-state index contributed by atoms with van der Waals surface area (Å²) in [5.74, 6) is -0.958. The largest absolute Gasteiger partial charge is 0.507 e. The summed E-state index contributed by atoms with van der Waals surface area (Å²) in [6.45, 7) is 2.41. The summed E-state index contributed by atoms with van der Waals surface area (Å²) in [6.07, 6.45) is 0. The predicted molar refractivity (Wildman–Crippen MR) is 123 cm³/mol. The van der Waals surface area contributed by atoms with E-state index >= 15 is 0 Å². The van der Waals surface area contributed by atoms with Crippen molar-refractivity contribution in [1.82, 2.24) is 0 Å². The first kappa shape index (κ1) is 20.9. The van der Waals surface area contributed by atoms with Crippen molar-refractivity contribution in [3.05, 3.63) is 100 Å². The number of Topliss-reactive ketones (excluding diaryl/α,β-unsaturated/α-hetero) is 1. The smallest absolute Gasteiger partial charge is 0.300 e. The fraction of sp³-hybridized carbons (Fsp3) is 0.120. The van der Waals surface area contributed by atoms with E-state index in [-0.39, 0.29) is 11.3 Å². The van der Waals surface area contributed by atoms with E-state index in [4.69, 9.17) is 4.74 Å². The predicted octanol–water partition coefficient (Wildman–Crippen LogP) is 5.47. The van der Waals surface area contributed by atoms with Crippen molar-refractivity contribution in [2.75, 3.05) is 11.5 Å². The van der Waals surface area contributed by atoms with Crippen LogP contribution in [0.15, 0.2) is 88.9 Å². The van der Waals surface area contributed by atoms with Gasteiger partial charge in [0, 0.05) is 15.7 Å². The fourth-order valence-corrected chi connectivity index (χ4v) is 4.09. The number of ether oxygens (including phenoxy) is 1. The Morgan fingerprint density at radius 3 is 2.35 bits per heavy atom. The summed E-state index contributed by atoms with van der Waals surface area (Å²) in [7, 11) is 0. The van der Waals surface area contributed by atoms with E-state index in [2.05, 4.69) is 15.9 Å². The average Bonchev–Trinajstić information content (AvgIpc) is 3.05. The Balaban J connectivity index is 1.88. The minimum absolute atomic E-state index is 0.0559. The molecule has 1 unspecified atom stereocenters. The molecule has 3 aromatic rings. The van der Waals surface area contributed by atoms with Gasteiger partial charge in [-0.15, -0.1) is 0 Å². The van der Waals surface area contributed by atoms with Crippen molar-refractivity contribution in [3.63, 3.8) is 0 Å². The molecule has 156 valence electrons. The van der Waals surface area contributed by atoms with Crippen molar-refractivity contribution >= 4 is 39.1 Å². The van der Waals surface area contributed by atoms with E-state index in [1.54, 1.807) is 42.5 Å². The molecule has 0 aliphatic carbocycles. The number of carbonyl (C=O) groups is 2. The number of hydrogen-bond donors (Lipinski definition) is 1. The van der Waals surface area contributed by atoms with Crippen LogP contribution in [-0.4, -0.2) is 23.4 Å². The summed E-state index contributed by atoms with van der Waals surface area (Å²) in [5.41, 5.74) is 1.79. The molecule has 1 aliphatic heterocycles. The number of ketones is 1. The minimum Gasteiger partial charge on any atom is -0.507 e. The molecule has 1 amide bonds. The molecule has 6 heteroatoms. The van der Waals surface area contributed by atoms with Crippen molar-refractivity contribution < 1.29 is 19.4 Å². The van der Waals surface area contributed by atoms with Crippen molar-refractivity contribution in [3.8, 4) is 5.75 Å². The van der Waals surface area contributed by atoms with Gasteiger partial charge in [-0.05, 0) is 55.0 Å². The molecular weight excluding hydrogens is 458 g/mol. The molecule has 1 saturated heterocycles. The molecule has 4 rings (SSSR count). The molecule has 5 nitrogen and oxygen atoms in total. The van der Waals surface area contributed by atoms with E-state index in [0.717, 1.165) is 10.0 Å². The summed E-state index contributed by atoms with van der Waals surface area (Å²) >= 11 is 3.42. The second-order valence-corrected chi connectivity index (χ2v) is 7.93. The van der Waals surface area contributed by atoms with Gasteiger partial charge >= 0.3 is 0 Å². The van der Waals surface area contributed by atoms with Crippen LogP contribution in [0, 0.1) is 0 Å². The van der Waals surface area contributed by atoms with Gasteiger partial charge in [0.15, 0.2) is 0 Å². The second-order valence-electron chi connectivity index (χ2n) is 7.02. The topological polar surface area (TPSA) is 66.8 Å². The lowest BCUT2D eigenvalue weighted by Gasteiger charge is -2.25. The number of aliphatic hydroxyl groups excluding tert-OH is 1. The Morgan fingerprint density at radius 1 is 1.00 bits per heavy atom. The fourth-order valence-electron chi connectivity index (χ4n) is 3.71. The van der Waals surface area contributed by atoms with Crippen LogP contribution in [0.3, 0.4) is 0 Å². The Labute approximate surface area is 188 Å². The summed E-state index contributed by atoms with van der Waals surface area (Å²) in [4.78, 5) is 27.6.